The third-order valence-electron chi connectivity index (χ3n) is 5.45. The van der Waals surface area contributed by atoms with E-state index >= 15 is 0 Å². The average molecular weight is 340 g/mol. The number of hydrogen-bond acceptors (Lipinski definition) is 4. The minimum absolute atomic E-state index is 0.273. The Morgan fingerprint density at radius 3 is 2.40 bits per heavy atom. The molecule has 4 nitrogen and oxygen atoms in total. The van der Waals surface area contributed by atoms with E-state index in [0.29, 0.717) is 0 Å². The van der Waals surface area contributed by atoms with E-state index in [-0.39, 0.29) is 11.4 Å². The summed E-state index contributed by atoms with van der Waals surface area (Å²) in [6, 6.07) is 13.9. The summed E-state index contributed by atoms with van der Waals surface area (Å²) in [7, 11) is 0. The SMILES string of the molecule is Fc1ccc(NCC2(N3CCN(Cc4ccccc4)CC3)CC2)nc1. The summed E-state index contributed by atoms with van der Waals surface area (Å²) in [5, 5.41) is 3.39. The minimum Gasteiger partial charge on any atom is -0.368 e. The third kappa shape index (κ3) is 3.99. The molecule has 1 aromatic carbocycles. The van der Waals surface area contributed by atoms with Crippen molar-refractivity contribution in [1.29, 1.82) is 0 Å². The molecule has 0 spiro atoms. The van der Waals surface area contributed by atoms with Crippen molar-refractivity contribution in [3.05, 3.63) is 60.0 Å². The van der Waals surface area contributed by atoms with Crippen molar-refractivity contribution in [3.8, 4) is 0 Å². The summed E-state index contributed by atoms with van der Waals surface area (Å²) in [6.45, 7) is 6.40. The number of aromatic nitrogens is 1. The first-order valence-electron chi connectivity index (χ1n) is 9.10. The predicted octanol–water partition coefficient (Wildman–Crippen LogP) is 2.98. The maximum atomic E-state index is 13.0. The summed E-state index contributed by atoms with van der Waals surface area (Å²) in [4.78, 5) is 9.27. The van der Waals surface area contributed by atoms with Crippen LogP contribution in [-0.4, -0.2) is 53.0 Å². The zero-order valence-electron chi connectivity index (χ0n) is 14.5. The van der Waals surface area contributed by atoms with Crippen molar-refractivity contribution in [2.24, 2.45) is 0 Å². The second-order valence-electron chi connectivity index (χ2n) is 7.19. The van der Waals surface area contributed by atoms with Gasteiger partial charge >= 0.3 is 0 Å². The number of nitrogens with one attached hydrogen (secondary N) is 1. The molecular formula is C20H25FN4. The van der Waals surface area contributed by atoms with Gasteiger partial charge in [-0.1, -0.05) is 30.3 Å². The van der Waals surface area contributed by atoms with E-state index in [0.717, 1.165) is 45.1 Å². The number of pyridine rings is 1. The quantitative estimate of drug-likeness (QED) is 0.876. The highest BCUT2D eigenvalue weighted by atomic mass is 19.1. The van der Waals surface area contributed by atoms with Crippen LogP contribution in [0.2, 0.25) is 0 Å². The molecule has 1 saturated heterocycles. The lowest BCUT2D eigenvalue weighted by Crippen LogP contribution is -2.53. The van der Waals surface area contributed by atoms with Crippen molar-refractivity contribution in [2.75, 3.05) is 38.0 Å². The van der Waals surface area contributed by atoms with Gasteiger partial charge in [0.2, 0.25) is 0 Å². The molecular weight excluding hydrogens is 315 g/mol. The van der Waals surface area contributed by atoms with Gasteiger partial charge in [-0.3, -0.25) is 9.80 Å². The number of piperazine rings is 1. The third-order valence-corrected chi connectivity index (χ3v) is 5.45. The van der Waals surface area contributed by atoms with Crippen LogP contribution in [0, 0.1) is 5.82 Å². The molecule has 1 N–H and O–H groups in total. The van der Waals surface area contributed by atoms with Crippen LogP contribution in [0.15, 0.2) is 48.7 Å². The van der Waals surface area contributed by atoms with Crippen molar-refractivity contribution < 1.29 is 4.39 Å². The number of anilines is 1. The molecule has 1 aromatic heterocycles. The van der Waals surface area contributed by atoms with Crippen LogP contribution < -0.4 is 5.32 Å². The lowest BCUT2D eigenvalue weighted by Gasteiger charge is -2.40. The fourth-order valence-corrected chi connectivity index (χ4v) is 3.71. The molecule has 2 aliphatic rings. The van der Waals surface area contributed by atoms with Crippen LogP contribution >= 0.6 is 0 Å². The Labute approximate surface area is 148 Å². The summed E-state index contributed by atoms with van der Waals surface area (Å²) in [6.07, 6.45) is 3.74. The molecule has 0 bridgehead atoms. The highest BCUT2D eigenvalue weighted by molar-refractivity contribution is 5.35. The highest BCUT2D eigenvalue weighted by Crippen LogP contribution is 2.42. The first-order chi connectivity index (χ1) is 12.2. The summed E-state index contributed by atoms with van der Waals surface area (Å²) >= 11 is 0. The average Bonchev–Trinajstić information content (AvgIpc) is 3.44. The minimum atomic E-state index is -0.291. The lowest BCUT2D eigenvalue weighted by atomic mass is 10.1. The van der Waals surface area contributed by atoms with E-state index in [9.17, 15) is 4.39 Å². The summed E-state index contributed by atoms with van der Waals surface area (Å²) in [5.41, 5.74) is 1.66. The highest BCUT2D eigenvalue weighted by Gasteiger charge is 2.48. The van der Waals surface area contributed by atoms with Gasteiger partial charge in [0.15, 0.2) is 0 Å². The zero-order valence-corrected chi connectivity index (χ0v) is 14.5. The molecule has 0 amide bonds. The summed E-state index contributed by atoms with van der Waals surface area (Å²) < 4.78 is 13.0. The Morgan fingerprint density at radius 2 is 1.76 bits per heavy atom. The smallest absolute Gasteiger partial charge is 0.141 e. The van der Waals surface area contributed by atoms with Gasteiger partial charge in [-0.05, 0) is 30.5 Å². The molecule has 4 rings (SSSR count). The number of hydrogen-bond donors (Lipinski definition) is 1. The van der Waals surface area contributed by atoms with Gasteiger partial charge in [0.05, 0.1) is 6.20 Å². The van der Waals surface area contributed by atoms with E-state index in [1.807, 2.05) is 0 Å². The van der Waals surface area contributed by atoms with E-state index in [4.69, 9.17) is 0 Å². The topological polar surface area (TPSA) is 31.4 Å². The Kier molecular flexibility index (Phi) is 4.68. The Bertz CT molecular complexity index is 677. The maximum Gasteiger partial charge on any atom is 0.141 e. The van der Waals surface area contributed by atoms with E-state index < -0.39 is 0 Å². The van der Waals surface area contributed by atoms with Gasteiger partial charge in [-0.15, -0.1) is 0 Å². The zero-order chi connectivity index (χ0) is 17.1. The molecule has 1 aliphatic carbocycles. The second kappa shape index (κ2) is 7.10. The van der Waals surface area contributed by atoms with Gasteiger partial charge in [-0.25, -0.2) is 9.37 Å². The number of rotatable bonds is 6. The second-order valence-corrected chi connectivity index (χ2v) is 7.19. The molecule has 1 aliphatic heterocycles. The molecule has 0 atom stereocenters. The first-order valence-corrected chi connectivity index (χ1v) is 9.10. The van der Waals surface area contributed by atoms with Gasteiger partial charge in [0.1, 0.15) is 11.6 Å². The Hall–Kier alpha value is -1.98. The van der Waals surface area contributed by atoms with Crippen LogP contribution in [0.3, 0.4) is 0 Å². The summed E-state index contributed by atoms with van der Waals surface area (Å²) in [5.74, 6) is 0.469. The van der Waals surface area contributed by atoms with Crippen molar-refractivity contribution in [2.45, 2.75) is 24.9 Å². The Morgan fingerprint density at radius 1 is 1.00 bits per heavy atom. The van der Waals surface area contributed by atoms with Crippen molar-refractivity contribution in [3.63, 3.8) is 0 Å². The molecule has 2 aromatic rings. The molecule has 0 unspecified atom stereocenters. The van der Waals surface area contributed by atoms with Crippen LogP contribution in [0.5, 0.6) is 0 Å². The van der Waals surface area contributed by atoms with Crippen LogP contribution in [0.4, 0.5) is 10.2 Å². The van der Waals surface area contributed by atoms with Gasteiger partial charge in [-0.2, -0.15) is 0 Å². The van der Waals surface area contributed by atoms with Gasteiger partial charge in [0, 0.05) is 44.8 Å². The number of nitrogens with zero attached hydrogens (tertiary/aromatic N) is 3. The molecule has 5 heteroatoms. The normalized spacial score (nSPS) is 20.4. The van der Waals surface area contributed by atoms with Crippen molar-refractivity contribution in [1.82, 2.24) is 14.8 Å². The monoisotopic (exact) mass is 340 g/mol. The number of halogens is 1. The lowest BCUT2D eigenvalue weighted by molar-refractivity contribution is 0.0856. The van der Waals surface area contributed by atoms with E-state index in [1.165, 1.54) is 30.7 Å². The van der Waals surface area contributed by atoms with Gasteiger partial charge < -0.3 is 5.32 Å². The van der Waals surface area contributed by atoms with E-state index in [2.05, 4.69) is 50.4 Å². The van der Waals surface area contributed by atoms with Gasteiger partial charge in [0.25, 0.3) is 0 Å². The van der Waals surface area contributed by atoms with Crippen LogP contribution in [-0.2, 0) is 6.54 Å². The van der Waals surface area contributed by atoms with Crippen LogP contribution in [0.25, 0.3) is 0 Å². The first kappa shape index (κ1) is 16.5. The number of benzene rings is 1. The largest absolute Gasteiger partial charge is 0.368 e. The predicted molar refractivity (Wildman–Crippen MR) is 97.9 cm³/mol. The van der Waals surface area contributed by atoms with Crippen molar-refractivity contribution >= 4 is 5.82 Å². The molecule has 25 heavy (non-hydrogen) atoms. The fourth-order valence-electron chi connectivity index (χ4n) is 3.71. The molecule has 132 valence electrons. The molecule has 0 radical (unpaired) electrons. The standard InChI is InChI=1S/C20H25FN4/c21-18-6-7-19(22-14-18)23-16-20(8-9-20)25-12-10-24(11-13-25)15-17-4-2-1-3-5-17/h1-7,14H,8-13,15-16H2,(H,22,23). The Balaban J connectivity index is 1.27. The fraction of sp³-hybridized carbons (Fsp3) is 0.450. The van der Waals surface area contributed by atoms with Crippen LogP contribution in [0.1, 0.15) is 18.4 Å². The molecule has 2 heterocycles. The molecule has 1 saturated carbocycles. The van der Waals surface area contributed by atoms with E-state index in [1.54, 1.807) is 6.07 Å². The maximum absolute atomic E-state index is 13.0. The molecule has 2 fully saturated rings.